The fourth-order valence-corrected chi connectivity index (χ4v) is 7.85. The van der Waals surface area contributed by atoms with Gasteiger partial charge in [0.1, 0.15) is 5.84 Å². The third-order valence-electron chi connectivity index (χ3n) is 7.51. The van der Waals surface area contributed by atoms with Crippen LogP contribution in [0.5, 0.6) is 0 Å². The number of hydrogen-bond donors (Lipinski definition) is 0. The number of benzene rings is 2. The maximum Gasteiger partial charge on any atom is 0.244 e. The van der Waals surface area contributed by atoms with E-state index in [1.807, 2.05) is 59.0 Å². The van der Waals surface area contributed by atoms with Gasteiger partial charge in [-0.15, -0.1) is 0 Å². The predicted octanol–water partition coefficient (Wildman–Crippen LogP) is 6.64. The fraction of sp³-hybridized carbons (Fsp3) is 0.310. The van der Waals surface area contributed by atoms with Crippen molar-refractivity contribution in [1.29, 1.82) is 0 Å². The molecule has 6 rings (SSSR count). The third-order valence-corrected chi connectivity index (χ3v) is 10.1. The lowest BCUT2D eigenvalue weighted by Gasteiger charge is -2.38. The number of fused-ring (bicyclic) bond motifs is 2. The van der Waals surface area contributed by atoms with Gasteiger partial charge in [-0.2, -0.15) is 9.40 Å². The minimum atomic E-state index is -3.70. The Balaban J connectivity index is 1.50. The molecule has 0 bridgehead atoms. The summed E-state index contributed by atoms with van der Waals surface area (Å²) in [6, 6.07) is 14.9. The summed E-state index contributed by atoms with van der Waals surface area (Å²) < 4.78 is 31.1. The van der Waals surface area contributed by atoms with E-state index < -0.39 is 16.1 Å². The van der Waals surface area contributed by atoms with Crippen LogP contribution in [0.1, 0.15) is 43.1 Å². The standard InChI is InChI=1S/C29H29Cl2N5O2S/c1-18-13-19(2)16-34(15-18)39(37,38)23-10-12-26-32-29-27(20(3)33-36(29)22-7-5-4-6-8-22)28(35(26)17-23)21-9-11-24(30)25(31)14-21/h4-12,14,17-19,28H,13,15-16H2,1-3H3. The van der Waals surface area contributed by atoms with Crippen LogP contribution in [0.2, 0.25) is 10.0 Å². The lowest BCUT2D eigenvalue weighted by atomic mass is 9.94. The van der Waals surface area contributed by atoms with E-state index in [9.17, 15) is 8.42 Å². The molecule has 3 aromatic rings. The molecule has 1 fully saturated rings. The smallest absolute Gasteiger partial charge is 0.244 e. The lowest BCUT2D eigenvalue weighted by molar-refractivity contribution is 0.224. The molecule has 3 atom stereocenters. The van der Waals surface area contributed by atoms with Crippen molar-refractivity contribution in [2.24, 2.45) is 16.8 Å². The predicted molar refractivity (Wildman–Crippen MR) is 156 cm³/mol. The molecule has 0 spiro atoms. The molecule has 0 saturated carbocycles. The Bertz CT molecular complexity index is 1640. The number of piperidine rings is 1. The van der Waals surface area contributed by atoms with Crippen molar-refractivity contribution in [3.63, 3.8) is 0 Å². The van der Waals surface area contributed by atoms with Gasteiger partial charge in [-0.3, -0.25) is 0 Å². The molecule has 0 radical (unpaired) electrons. The summed E-state index contributed by atoms with van der Waals surface area (Å²) in [6.07, 6.45) is 6.15. The molecule has 1 aromatic heterocycles. The van der Waals surface area contributed by atoms with Crippen molar-refractivity contribution in [1.82, 2.24) is 19.0 Å². The molecule has 4 heterocycles. The zero-order valence-corrected chi connectivity index (χ0v) is 24.2. The lowest BCUT2D eigenvalue weighted by Crippen LogP contribution is -2.44. The van der Waals surface area contributed by atoms with Gasteiger partial charge in [-0.1, -0.05) is 61.3 Å². The van der Waals surface area contributed by atoms with Gasteiger partial charge in [-0.05, 0) is 67.2 Å². The van der Waals surface area contributed by atoms with Crippen molar-refractivity contribution >= 4 is 44.9 Å². The number of sulfonamides is 1. The van der Waals surface area contributed by atoms with Gasteiger partial charge in [0, 0.05) is 24.9 Å². The van der Waals surface area contributed by atoms with E-state index in [4.69, 9.17) is 33.3 Å². The summed E-state index contributed by atoms with van der Waals surface area (Å²) in [4.78, 5) is 7.13. The zero-order valence-electron chi connectivity index (χ0n) is 21.9. The molecular formula is C29H29Cl2N5O2S. The number of aryl methyl sites for hydroxylation is 1. The van der Waals surface area contributed by atoms with Gasteiger partial charge in [0.2, 0.25) is 10.0 Å². The van der Waals surface area contributed by atoms with Crippen molar-refractivity contribution in [3.05, 3.63) is 98.7 Å². The van der Waals surface area contributed by atoms with Gasteiger partial charge in [0.25, 0.3) is 0 Å². The SMILES string of the molecule is Cc1nn(-c2ccccc2)c2c1C(c1ccc(Cl)c(Cl)c1)N1C=C(S(=O)(=O)N3CC(C)CC(C)C3)C=CC1=N2. The van der Waals surface area contributed by atoms with Crippen LogP contribution < -0.4 is 0 Å². The van der Waals surface area contributed by atoms with Crippen LogP contribution in [0.4, 0.5) is 5.82 Å². The molecule has 0 amide bonds. The Hall–Kier alpha value is -2.91. The third kappa shape index (κ3) is 4.63. The number of aliphatic imine (C=N–C) groups is 1. The Kier molecular flexibility index (Phi) is 6.70. The minimum Gasteiger partial charge on any atom is -0.320 e. The van der Waals surface area contributed by atoms with Crippen LogP contribution in [-0.4, -0.2) is 46.3 Å². The normalized spacial score (nSPS) is 23.2. The molecule has 7 nitrogen and oxygen atoms in total. The summed E-state index contributed by atoms with van der Waals surface area (Å²) in [7, 11) is -3.70. The molecule has 2 aromatic carbocycles. The Morgan fingerprint density at radius 2 is 1.67 bits per heavy atom. The molecule has 0 N–H and O–H groups in total. The maximum atomic E-state index is 13.8. The number of nitrogens with zero attached hydrogens (tertiary/aromatic N) is 5. The van der Waals surface area contributed by atoms with Crippen molar-refractivity contribution in [2.75, 3.05) is 13.1 Å². The van der Waals surface area contributed by atoms with Crippen LogP contribution in [0.15, 0.2) is 76.8 Å². The summed E-state index contributed by atoms with van der Waals surface area (Å²) in [5.74, 6) is 1.93. The highest BCUT2D eigenvalue weighted by Crippen LogP contribution is 2.45. The maximum absolute atomic E-state index is 13.8. The first-order valence-corrected chi connectivity index (χ1v) is 15.2. The second-order valence-corrected chi connectivity index (χ2v) is 13.4. The molecule has 0 aliphatic carbocycles. The van der Waals surface area contributed by atoms with Crippen molar-refractivity contribution in [2.45, 2.75) is 33.2 Å². The van der Waals surface area contributed by atoms with Crippen LogP contribution in [-0.2, 0) is 10.0 Å². The quantitative estimate of drug-likeness (QED) is 0.346. The van der Waals surface area contributed by atoms with E-state index in [0.29, 0.717) is 46.6 Å². The van der Waals surface area contributed by atoms with Gasteiger partial charge >= 0.3 is 0 Å². The van der Waals surface area contributed by atoms with Crippen LogP contribution in [0.25, 0.3) is 5.69 Å². The fourth-order valence-electron chi connectivity index (χ4n) is 5.86. The topological polar surface area (TPSA) is 70.8 Å². The number of aromatic nitrogens is 2. The molecular weight excluding hydrogens is 553 g/mol. The first-order valence-electron chi connectivity index (χ1n) is 13.0. The highest BCUT2D eigenvalue weighted by atomic mass is 35.5. The number of allylic oxidation sites excluding steroid dienone is 1. The van der Waals surface area contributed by atoms with Gasteiger partial charge in [0.05, 0.1) is 32.4 Å². The van der Waals surface area contributed by atoms with E-state index in [0.717, 1.165) is 28.9 Å². The molecule has 3 aliphatic heterocycles. The Morgan fingerprint density at radius 3 is 2.36 bits per heavy atom. The average molecular weight is 583 g/mol. The molecule has 202 valence electrons. The summed E-state index contributed by atoms with van der Waals surface area (Å²) in [5, 5.41) is 5.72. The first kappa shape index (κ1) is 26.3. The van der Waals surface area contributed by atoms with Gasteiger partial charge in [-0.25, -0.2) is 18.1 Å². The second-order valence-electron chi connectivity index (χ2n) is 10.7. The summed E-state index contributed by atoms with van der Waals surface area (Å²) in [5.41, 5.74) is 3.42. The Morgan fingerprint density at radius 1 is 0.949 bits per heavy atom. The monoisotopic (exact) mass is 581 g/mol. The van der Waals surface area contributed by atoms with Crippen molar-refractivity contribution in [3.8, 4) is 5.69 Å². The molecule has 10 heteroatoms. The number of para-hydroxylation sites is 1. The van der Waals surface area contributed by atoms with E-state index in [2.05, 4.69) is 13.8 Å². The Labute approximate surface area is 239 Å². The second kappa shape index (κ2) is 9.93. The molecule has 1 saturated heterocycles. The molecule has 39 heavy (non-hydrogen) atoms. The van der Waals surface area contributed by atoms with E-state index in [1.54, 1.807) is 28.7 Å². The highest BCUT2D eigenvalue weighted by molar-refractivity contribution is 7.93. The average Bonchev–Trinajstić information content (AvgIpc) is 3.24. The highest BCUT2D eigenvalue weighted by Gasteiger charge is 2.39. The number of halogens is 2. The van der Waals surface area contributed by atoms with Crippen LogP contribution in [0, 0.1) is 18.8 Å². The van der Waals surface area contributed by atoms with Gasteiger partial charge in [0.15, 0.2) is 5.82 Å². The number of hydrogen-bond acceptors (Lipinski definition) is 5. The van der Waals surface area contributed by atoms with Crippen LogP contribution >= 0.6 is 23.2 Å². The van der Waals surface area contributed by atoms with Crippen LogP contribution in [0.3, 0.4) is 0 Å². The number of amidine groups is 1. The van der Waals surface area contributed by atoms with E-state index in [-0.39, 0.29) is 4.91 Å². The molecule has 3 aliphatic rings. The minimum absolute atomic E-state index is 0.240. The van der Waals surface area contributed by atoms with E-state index in [1.165, 1.54) is 0 Å². The summed E-state index contributed by atoms with van der Waals surface area (Å²) >= 11 is 12.7. The zero-order chi connectivity index (χ0) is 27.5. The largest absolute Gasteiger partial charge is 0.320 e. The van der Waals surface area contributed by atoms with Crippen molar-refractivity contribution < 1.29 is 8.42 Å². The first-order chi connectivity index (χ1) is 18.6. The van der Waals surface area contributed by atoms with E-state index >= 15 is 0 Å². The summed E-state index contributed by atoms with van der Waals surface area (Å²) in [6.45, 7) is 7.19. The van der Waals surface area contributed by atoms with Gasteiger partial charge < -0.3 is 4.90 Å². The molecule has 3 unspecified atom stereocenters. The number of rotatable bonds is 4.